The number of amides is 1. The molecule has 34 heavy (non-hydrogen) atoms. The quantitative estimate of drug-likeness (QED) is 0.260. The number of fused-ring (bicyclic) bond motifs is 1. The van der Waals surface area contributed by atoms with Crippen LogP contribution in [0.3, 0.4) is 0 Å². The molecule has 0 saturated heterocycles. The lowest BCUT2D eigenvalue weighted by Crippen LogP contribution is -2.15. The minimum Gasteiger partial charge on any atom is -0.485 e. The lowest BCUT2D eigenvalue weighted by atomic mass is 10.1. The maximum absolute atomic E-state index is 12.3. The number of anilines is 1. The maximum Gasteiger partial charge on any atom is 0.311 e. The van der Waals surface area contributed by atoms with Crippen LogP contribution in [0.25, 0.3) is 10.8 Å². The highest BCUT2D eigenvalue weighted by molar-refractivity contribution is 7.99. The summed E-state index contributed by atoms with van der Waals surface area (Å²) >= 11 is 2.53. The van der Waals surface area contributed by atoms with Crippen molar-refractivity contribution in [3.8, 4) is 5.75 Å². The van der Waals surface area contributed by atoms with Crippen LogP contribution in [-0.2, 0) is 34.4 Å². The number of hydrogen-bond donors (Lipinski definition) is 1. The van der Waals surface area contributed by atoms with Crippen molar-refractivity contribution in [1.29, 1.82) is 0 Å². The van der Waals surface area contributed by atoms with Crippen molar-refractivity contribution in [3.05, 3.63) is 59.4 Å². The molecule has 0 fully saturated rings. The van der Waals surface area contributed by atoms with E-state index in [1.165, 1.54) is 23.1 Å². The average Bonchev–Trinajstić information content (AvgIpc) is 3.42. The number of ether oxygens (including phenoxy) is 2. The number of nitrogens with one attached hydrogen (secondary N) is 1. The Bertz CT molecular complexity index is 1300. The van der Waals surface area contributed by atoms with Crippen LogP contribution in [0.4, 0.5) is 5.13 Å². The highest BCUT2D eigenvalue weighted by Gasteiger charge is 2.14. The fourth-order valence-electron chi connectivity index (χ4n) is 3.15. The first-order valence-corrected chi connectivity index (χ1v) is 12.4. The Labute approximate surface area is 204 Å². The third-order valence-corrected chi connectivity index (χ3v) is 6.62. The normalized spacial score (nSPS) is 10.9. The third-order valence-electron chi connectivity index (χ3n) is 4.79. The summed E-state index contributed by atoms with van der Waals surface area (Å²) in [6.45, 7) is 2.33. The smallest absolute Gasteiger partial charge is 0.311 e. The summed E-state index contributed by atoms with van der Waals surface area (Å²) in [5.74, 6) is 1.00. The van der Waals surface area contributed by atoms with Crippen molar-refractivity contribution in [2.24, 2.45) is 7.05 Å². The maximum atomic E-state index is 12.3. The number of benzene rings is 2. The molecule has 0 radical (unpaired) electrons. The molecule has 1 N–H and O–H groups in total. The van der Waals surface area contributed by atoms with Crippen molar-refractivity contribution in [2.45, 2.75) is 25.1 Å². The van der Waals surface area contributed by atoms with E-state index in [1.807, 2.05) is 54.1 Å². The van der Waals surface area contributed by atoms with Gasteiger partial charge in [0.1, 0.15) is 12.4 Å². The molecule has 2 aromatic carbocycles. The minimum atomic E-state index is -0.344. The lowest BCUT2D eigenvalue weighted by molar-refractivity contribution is -0.142. The van der Waals surface area contributed by atoms with E-state index < -0.39 is 0 Å². The molecule has 176 valence electrons. The number of hydrogen-bond acceptors (Lipinski definition) is 9. The Morgan fingerprint density at radius 1 is 1.15 bits per heavy atom. The summed E-state index contributed by atoms with van der Waals surface area (Å²) in [4.78, 5) is 28.1. The zero-order chi connectivity index (χ0) is 23.9. The molecule has 2 aromatic heterocycles. The van der Waals surface area contributed by atoms with E-state index in [4.69, 9.17) is 9.47 Å². The molecule has 0 aliphatic rings. The van der Waals surface area contributed by atoms with Crippen LogP contribution in [0.1, 0.15) is 18.4 Å². The van der Waals surface area contributed by atoms with E-state index in [0.29, 0.717) is 28.4 Å². The van der Waals surface area contributed by atoms with Gasteiger partial charge in [-0.15, -0.1) is 21.5 Å². The number of carbonyl (C=O) groups excluding carboxylic acids is 2. The highest BCUT2D eigenvalue weighted by atomic mass is 32.2. The first-order valence-electron chi connectivity index (χ1n) is 10.5. The number of carbonyl (C=O) groups is 2. The molecular weight excluding hydrogens is 474 g/mol. The lowest BCUT2D eigenvalue weighted by Gasteiger charge is -2.09. The van der Waals surface area contributed by atoms with E-state index in [9.17, 15) is 9.59 Å². The van der Waals surface area contributed by atoms with E-state index in [1.54, 1.807) is 12.3 Å². The van der Waals surface area contributed by atoms with Gasteiger partial charge in [0, 0.05) is 17.8 Å². The van der Waals surface area contributed by atoms with Crippen molar-refractivity contribution >= 4 is 50.9 Å². The van der Waals surface area contributed by atoms with E-state index in [2.05, 4.69) is 20.5 Å². The van der Waals surface area contributed by atoms with Gasteiger partial charge in [0.2, 0.25) is 5.91 Å². The van der Waals surface area contributed by atoms with Gasteiger partial charge >= 0.3 is 5.97 Å². The van der Waals surface area contributed by atoms with Crippen LogP contribution in [0.15, 0.2) is 53.0 Å². The van der Waals surface area contributed by atoms with E-state index in [0.717, 1.165) is 16.5 Å². The van der Waals surface area contributed by atoms with Gasteiger partial charge < -0.3 is 19.4 Å². The molecule has 0 aliphatic heterocycles. The van der Waals surface area contributed by atoms with Crippen molar-refractivity contribution in [3.63, 3.8) is 0 Å². The highest BCUT2D eigenvalue weighted by Crippen LogP contribution is 2.26. The number of esters is 1. The number of rotatable bonds is 10. The van der Waals surface area contributed by atoms with Gasteiger partial charge in [0.15, 0.2) is 16.1 Å². The first kappa shape index (κ1) is 23.7. The minimum absolute atomic E-state index is 0.0809. The summed E-state index contributed by atoms with van der Waals surface area (Å²) in [5.41, 5.74) is 0.565. The molecule has 0 spiro atoms. The Morgan fingerprint density at radius 2 is 1.97 bits per heavy atom. The van der Waals surface area contributed by atoms with Gasteiger partial charge in [-0.25, -0.2) is 4.98 Å². The van der Waals surface area contributed by atoms with Crippen LogP contribution >= 0.6 is 23.1 Å². The Hall–Kier alpha value is -3.44. The molecule has 0 unspecified atom stereocenters. The van der Waals surface area contributed by atoms with Crippen LogP contribution < -0.4 is 10.1 Å². The fraction of sp³-hybridized carbons (Fsp3) is 0.261. The van der Waals surface area contributed by atoms with Crippen molar-refractivity contribution < 1.29 is 19.1 Å². The van der Waals surface area contributed by atoms with Gasteiger partial charge in [-0.1, -0.05) is 48.2 Å². The summed E-state index contributed by atoms with van der Waals surface area (Å²) in [6.07, 6.45) is 0.0809. The van der Waals surface area contributed by atoms with Crippen LogP contribution in [-0.4, -0.2) is 44.0 Å². The van der Waals surface area contributed by atoms with E-state index in [-0.39, 0.29) is 30.7 Å². The van der Waals surface area contributed by atoms with Crippen LogP contribution in [0, 0.1) is 0 Å². The van der Waals surface area contributed by atoms with Gasteiger partial charge in [-0.2, -0.15) is 0 Å². The first-order chi connectivity index (χ1) is 16.5. The molecule has 11 heteroatoms. The van der Waals surface area contributed by atoms with Gasteiger partial charge in [0.25, 0.3) is 0 Å². The third kappa shape index (κ3) is 5.91. The molecule has 0 atom stereocenters. The van der Waals surface area contributed by atoms with Crippen LogP contribution in [0.5, 0.6) is 5.75 Å². The van der Waals surface area contributed by atoms with E-state index >= 15 is 0 Å². The predicted octanol–water partition coefficient (Wildman–Crippen LogP) is 3.84. The Morgan fingerprint density at radius 3 is 2.82 bits per heavy atom. The molecule has 4 aromatic rings. The second-order valence-corrected chi connectivity index (χ2v) is 8.99. The molecule has 2 heterocycles. The predicted molar refractivity (Wildman–Crippen MR) is 131 cm³/mol. The van der Waals surface area contributed by atoms with Gasteiger partial charge in [-0.3, -0.25) is 9.59 Å². The number of nitrogens with zero attached hydrogens (tertiary/aromatic N) is 4. The van der Waals surface area contributed by atoms with Gasteiger partial charge in [0.05, 0.1) is 24.5 Å². The molecule has 1 amide bonds. The second kappa shape index (κ2) is 11.1. The molecule has 0 saturated carbocycles. The standard InChI is InChI=1S/C23H23N5O4S2/c1-3-31-21(30)11-16-13-33-22(24-16)25-20(29)14-34-23-27-26-19(28(23)2)12-32-18-10-6-8-15-7-4-5-9-17(15)18/h4-10,13H,3,11-12,14H2,1-2H3,(H,24,25,29). The monoisotopic (exact) mass is 497 g/mol. The van der Waals surface area contributed by atoms with Gasteiger partial charge in [-0.05, 0) is 18.4 Å². The van der Waals surface area contributed by atoms with Crippen molar-refractivity contribution in [2.75, 3.05) is 17.7 Å². The summed E-state index contributed by atoms with van der Waals surface area (Å²) < 4.78 is 12.7. The number of aromatic nitrogens is 4. The average molecular weight is 498 g/mol. The zero-order valence-corrected chi connectivity index (χ0v) is 20.3. The SMILES string of the molecule is CCOC(=O)Cc1csc(NC(=O)CSc2nnc(COc3cccc4ccccc34)n2C)n1. The van der Waals surface area contributed by atoms with Crippen molar-refractivity contribution in [1.82, 2.24) is 19.7 Å². The molecule has 4 rings (SSSR count). The number of thioether (sulfide) groups is 1. The van der Waals surface area contributed by atoms with Crippen LogP contribution in [0.2, 0.25) is 0 Å². The summed E-state index contributed by atoms with van der Waals surface area (Å²) in [6, 6.07) is 13.9. The molecule has 9 nitrogen and oxygen atoms in total. The Balaban J connectivity index is 1.29. The number of thiazole rings is 1. The fourth-order valence-corrected chi connectivity index (χ4v) is 4.61. The molecule has 0 aliphatic carbocycles. The largest absolute Gasteiger partial charge is 0.485 e. The second-order valence-electron chi connectivity index (χ2n) is 7.19. The topological polar surface area (TPSA) is 108 Å². The summed E-state index contributed by atoms with van der Waals surface area (Å²) in [7, 11) is 1.84. The zero-order valence-electron chi connectivity index (χ0n) is 18.7. The summed E-state index contributed by atoms with van der Waals surface area (Å²) in [5, 5.41) is 16.0. The Kier molecular flexibility index (Phi) is 7.76. The molecular formula is C23H23N5O4S2. The molecule has 0 bridgehead atoms.